The Hall–Kier alpha value is -2.11. The van der Waals surface area contributed by atoms with E-state index in [4.69, 9.17) is 5.11 Å². The van der Waals surface area contributed by atoms with Crippen LogP contribution in [0.15, 0.2) is 12.1 Å². The number of nitrogens with zero attached hydrogens (tertiary/aromatic N) is 1. The first kappa shape index (κ1) is 14.9. The number of carboxylic acids is 1. The fourth-order valence-electron chi connectivity index (χ4n) is 1.56. The maximum absolute atomic E-state index is 11.7. The summed E-state index contributed by atoms with van der Waals surface area (Å²) in [4.78, 5) is 26.8. The summed E-state index contributed by atoms with van der Waals surface area (Å²) in [5.74, 6) is -0.799. The third-order valence-corrected chi connectivity index (χ3v) is 2.39. The lowest BCUT2D eigenvalue weighted by Crippen LogP contribution is -2.41. The highest BCUT2D eigenvalue weighted by Gasteiger charge is 2.15. The number of hydrogen-bond acceptors (Lipinski definition) is 4. The number of carboxylic acid groups (broad SMARTS) is 1. The Kier molecular flexibility index (Phi) is 4.86. The molecule has 0 aliphatic rings. The molecule has 1 rings (SSSR count). The van der Waals surface area contributed by atoms with Gasteiger partial charge in [0.25, 0.3) is 0 Å². The van der Waals surface area contributed by atoms with Crippen molar-refractivity contribution >= 4 is 17.7 Å². The first-order valence-electron chi connectivity index (χ1n) is 6.08. The number of amides is 1. The van der Waals surface area contributed by atoms with Crippen molar-refractivity contribution in [2.24, 2.45) is 0 Å². The number of aryl methyl sites for hydroxylation is 1. The van der Waals surface area contributed by atoms with Gasteiger partial charge in [0.2, 0.25) is 5.91 Å². The molecule has 104 valence electrons. The molecule has 6 heteroatoms. The molecule has 6 nitrogen and oxygen atoms in total. The summed E-state index contributed by atoms with van der Waals surface area (Å²) in [5, 5.41) is 14.6. The molecule has 1 aromatic heterocycles. The Morgan fingerprint density at radius 3 is 2.42 bits per heavy atom. The molecule has 0 fully saturated rings. The minimum Gasteiger partial charge on any atom is -0.478 e. The smallest absolute Gasteiger partial charge is 0.335 e. The van der Waals surface area contributed by atoms with E-state index < -0.39 is 12.0 Å². The fraction of sp³-hybridized carbons (Fsp3) is 0.462. The molecule has 0 radical (unpaired) electrons. The van der Waals surface area contributed by atoms with Crippen LogP contribution in [0, 0.1) is 6.92 Å². The van der Waals surface area contributed by atoms with Crippen molar-refractivity contribution in [3.8, 4) is 0 Å². The number of anilines is 1. The van der Waals surface area contributed by atoms with Gasteiger partial charge in [-0.05, 0) is 39.8 Å². The van der Waals surface area contributed by atoms with Crippen molar-refractivity contribution in [2.45, 2.75) is 39.8 Å². The zero-order chi connectivity index (χ0) is 14.6. The van der Waals surface area contributed by atoms with Crippen LogP contribution in [-0.4, -0.2) is 34.1 Å². The van der Waals surface area contributed by atoms with Crippen molar-refractivity contribution in [3.63, 3.8) is 0 Å². The van der Waals surface area contributed by atoms with Crippen molar-refractivity contribution in [1.29, 1.82) is 0 Å². The Morgan fingerprint density at radius 2 is 1.89 bits per heavy atom. The largest absolute Gasteiger partial charge is 0.478 e. The Balaban J connectivity index is 2.81. The van der Waals surface area contributed by atoms with Crippen molar-refractivity contribution < 1.29 is 14.7 Å². The van der Waals surface area contributed by atoms with Gasteiger partial charge in [0.05, 0.1) is 5.56 Å². The van der Waals surface area contributed by atoms with Gasteiger partial charge < -0.3 is 15.7 Å². The maximum Gasteiger partial charge on any atom is 0.335 e. The number of aromatic carboxylic acids is 1. The van der Waals surface area contributed by atoms with Gasteiger partial charge in [-0.2, -0.15) is 0 Å². The van der Waals surface area contributed by atoms with Gasteiger partial charge in [-0.25, -0.2) is 9.78 Å². The molecule has 0 bridgehead atoms. The van der Waals surface area contributed by atoms with Crippen LogP contribution in [0.4, 0.5) is 5.82 Å². The standard InChI is InChI=1S/C13H19N3O3/c1-7(2)14-12(17)9(4)16-11-6-10(13(18)19)5-8(3)15-11/h5-7,9H,1-4H3,(H,14,17)(H,15,16)(H,18,19). The molecule has 3 N–H and O–H groups in total. The topological polar surface area (TPSA) is 91.3 Å². The molecule has 0 saturated carbocycles. The zero-order valence-electron chi connectivity index (χ0n) is 11.5. The molecule has 0 aliphatic carbocycles. The normalized spacial score (nSPS) is 12.1. The summed E-state index contributed by atoms with van der Waals surface area (Å²) in [6, 6.07) is 2.45. The number of carbonyl (C=O) groups excluding carboxylic acids is 1. The summed E-state index contributed by atoms with van der Waals surface area (Å²) in [6.45, 7) is 7.15. The summed E-state index contributed by atoms with van der Waals surface area (Å²) in [5.41, 5.74) is 0.727. The molecule has 19 heavy (non-hydrogen) atoms. The molecule has 0 spiro atoms. The van der Waals surface area contributed by atoms with Gasteiger partial charge in [0.15, 0.2) is 0 Å². The zero-order valence-corrected chi connectivity index (χ0v) is 11.5. The number of aromatic nitrogens is 1. The Bertz CT molecular complexity index is 486. The minimum absolute atomic E-state index is 0.0526. The van der Waals surface area contributed by atoms with Crippen LogP contribution in [0.1, 0.15) is 36.8 Å². The summed E-state index contributed by atoms with van der Waals surface area (Å²) in [6.07, 6.45) is 0. The lowest BCUT2D eigenvalue weighted by atomic mass is 10.2. The fourth-order valence-corrected chi connectivity index (χ4v) is 1.56. The van der Waals surface area contributed by atoms with Gasteiger partial charge in [-0.1, -0.05) is 0 Å². The molecule has 1 unspecified atom stereocenters. The Morgan fingerprint density at radius 1 is 1.26 bits per heavy atom. The lowest BCUT2D eigenvalue weighted by Gasteiger charge is -2.17. The van der Waals surface area contributed by atoms with Gasteiger partial charge in [0, 0.05) is 11.7 Å². The van der Waals surface area contributed by atoms with E-state index in [1.54, 1.807) is 13.8 Å². The Labute approximate surface area is 112 Å². The van der Waals surface area contributed by atoms with Gasteiger partial charge in [-0.15, -0.1) is 0 Å². The van der Waals surface area contributed by atoms with E-state index >= 15 is 0 Å². The second-order valence-corrected chi connectivity index (χ2v) is 4.72. The van der Waals surface area contributed by atoms with E-state index in [1.807, 2.05) is 13.8 Å². The van der Waals surface area contributed by atoms with Crippen LogP contribution in [0.25, 0.3) is 0 Å². The number of nitrogens with one attached hydrogen (secondary N) is 2. The molecule has 1 heterocycles. The highest BCUT2D eigenvalue weighted by Crippen LogP contribution is 2.11. The number of pyridine rings is 1. The van der Waals surface area contributed by atoms with Gasteiger partial charge in [0.1, 0.15) is 11.9 Å². The SMILES string of the molecule is Cc1cc(C(=O)O)cc(NC(C)C(=O)NC(C)C)n1. The average molecular weight is 265 g/mol. The second-order valence-electron chi connectivity index (χ2n) is 4.72. The predicted octanol–water partition coefficient (Wildman–Crippen LogP) is 1.41. The molecule has 0 aliphatic heterocycles. The molecule has 1 aromatic rings. The molecule has 0 aromatic carbocycles. The molecular weight excluding hydrogens is 246 g/mol. The van der Waals surface area contributed by atoms with Crippen LogP contribution in [0.3, 0.4) is 0 Å². The second kappa shape index (κ2) is 6.17. The highest BCUT2D eigenvalue weighted by molar-refractivity contribution is 5.89. The van der Waals surface area contributed by atoms with Crippen molar-refractivity contribution in [2.75, 3.05) is 5.32 Å². The predicted molar refractivity (Wildman–Crippen MR) is 72.3 cm³/mol. The lowest BCUT2D eigenvalue weighted by molar-refractivity contribution is -0.122. The molecule has 1 amide bonds. The van der Waals surface area contributed by atoms with E-state index in [2.05, 4.69) is 15.6 Å². The number of carbonyl (C=O) groups is 2. The third-order valence-electron chi connectivity index (χ3n) is 2.39. The molecular formula is C13H19N3O3. The van der Waals surface area contributed by atoms with Crippen LogP contribution in [-0.2, 0) is 4.79 Å². The van der Waals surface area contributed by atoms with E-state index in [1.165, 1.54) is 12.1 Å². The van der Waals surface area contributed by atoms with Crippen molar-refractivity contribution in [3.05, 3.63) is 23.4 Å². The maximum atomic E-state index is 11.7. The number of hydrogen-bond donors (Lipinski definition) is 3. The van der Waals surface area contributed by atoms with E-state index in [0.717, 1.165) is 0 Å². The van der Waals surface area contributed by atoms with Crippen LogP contribution < -0.4 is 10.6 Å². The molecule has 0 saturated heterocycles. The average Bonchev–Trinajstić information content (AvgIpc) is 2.26. The summed E-state index contributed by atoms with van der Waals surface area (Å²) in [7, 11) is 0. The minimum atomic E-state index is -1.02. The van der Waals surface area contributed by atoms with Gasteiger partial charge in [-0.3, -0.25) is 4.79 Å². The van der Waals surface area contributed by atoms with Gasteiger partial charge >= 0.3 is 5.97 Å². The van der Waals surface area contributed by atoms with Crippen molar-refractivity contribution in [1.82, 2.24) is 10.3 Å². The summed E-state index contributed by atoms with van der Waals surface area (Å²) < 4.78 is 0. The third kappa shape index (κ3) is 4.57. The summed E-state index contributed by atoms with van der Waals surface area (Å²) >= 11 is 0. The number of rotatable bonds is 5. The first-order chi connectivity index (χ1) is 8.79. The molecule has 1 atom stereocenters. The van der Waals surface area contributed by atoms with E-state index in [9.17, 15) is 9.59 Å². The van der Waals surface area contributed by atoms with Crippen LogP contribution in [0.5, 0.6) is 0 Å². The van der Waals surface area contributed by atoms with E-state index in [0.29, 0.717) is 11.5 Å². The first-order valence-corrected chi connectivity index (χ1v) is 6.08. The highest BCUT2D eigenvalue weighted by atomic mass is 16.4. The van der Waals surface area contributed by atoms with E-state index in [-0.39, 0.29) is 17.5 Å². The van der Waals surface area contributed by atoms with Crippen LogP contribution >= 0.6 is 0 Å². The monoisotopic (exact) mass is 265 g/mol. The van der Waals surface area contributed by atoms with Crippen LogP contribution in [0.2, 0.25) is 0 Å². The quantitative estimate of drug-likeness (QED) is 0.748.